The highest BCUT2D eigenvalue weighted by Gasteiger charge is 2.13. The van der Waals surface area contributed by atoms with Crippen LogP contribution in [0.3, 0.4) is 0 Å². The molecule has 0 saturated heterocycles. The van der Waals surface area contributed by atoms with Crippen LogP contribution in [-0.4, -0.2) is 34.3 Å². The molecular formula is C15H19ClN2O3. The number of halogens is 1. The Kier molecular flexibility index (Phi) is 5.59. The summed E-state index contributed by atoms with van der Waals surface area (Å²) in [7, 11) is 1.67. The molecule has 6 heteroatoms. The van der Waals surface area contributed by atoms with E-state index in [2.05, 4.69) is 9.55 Å². The Labute approximate surface area is 128 Å². The Balaban J connectivity index is 2.26. The van der Waals surface area contributed by atoms with Gasteiger partial charge in [0, 0.05) is 33.1 Å². The van der Waals surface area contributed by atoms with E-state index in [4.69, 9.17) is 21.4 Å². The molecular weight excluding hydrogens is 292 g/mol. The van der Waals surface area contributed by atoms with E-state index in [0.29, 0.717) is 24.5 Å². The number of carboxylic acid groups (broad SMARTS) is 1. The van der Waals surface area contributed by atoms with Gasteiger partial charge in [-0.25, -0.2) is 4.98 Å². The number of imidazole rings is 1. The molecule has 0 radical (unpaired) electrons. The van der Waals surface area contributed by atoms with E-state index in [-0.39, 0.29) is 6.42 Å². The van der Waals surface area contributed by atoms with Crippen LogP contribution in [0.4, 0.5) is 0 Å². The molecule has 0 aliphatic heterocycles. The summed E-state index contributed by atoms with van der Waals surface area (Å²) in [6.07, 6.45) is 2.21. The van der Waals surface area contributed by atoms with Crippen LogP contribution in [0.15, 0.2) is 18.2 Å². The third-order valence-corrected chi connectivity index (χ3v) is 3.62. The number of carbonyl (C=O) groups is 1. The summed E-state index contributed by atoms with van der Waals surface area (Å²) < 4.78 is 7.17. The number of aryl methyl sites for hydroxylation is 2. The molecule has 0 bridgehead atoms. The molecule has 0 fully saturated rings. The van der Waals surface area contributed by atoms with Crippen molar-refractivity contribution in [1.82, 2.24) is 9.55 Å². The number of carboxylic acids is 1. The van der Waals surface area contributed by atoms with Gasteiger partial charge in [-0.15, -0.1) is 0 Å². The smallest absolute Gasteiger partial charge is 0.303 e. The van der Waals surface area contributed by atoms with Crippen molar-refractivity contribution in [1.29, 1.82) is 0 Å². The Hall–Kier alpha value is -1.59. The summed E-state index contributed by atoms with van der Waals surface area (Å²) in [5.41, 5.74) is 1.77. The van der Waals surface area contributed by atoms with Crippen LogP contribution in [0.2, 0.25) is 5.02 Å². The van der Waals surface area contributed by atoms with E-state index in [1.54, 1.807) is 7.11 Å². The second kappa shape index (κ2) is 7.43. The lowest BCUT2D eigenvalue weighted by Gasteiger charge is -2.09. The van der Waals surface area contributed by atoms with E-state index in [1.807, 2.05) is 18.2 Å². The van der Waals surface area contributed by atoms with Gasteiger partial charge < -0.3 is 14.4 Å². The summed E-state index contributed by atoms with van der Waals surface area (Å²) in [5, 5.41) is 9.42. The average Bonchev–Trinajstić information content (AvgIpc) is 2.78. The minimum atomic E-state index is -0.782. The number of nitrogens with zero attached hydrogens (tertiary/aromatic N) is 2. The Morgan fingerprint density at radius 2 is 2.24 bits per heavy atom. The molecule has 0 spiro atoms. The quantitative estimate of drug-likeness (QED) is 0.761. The van der Waals surface area contributed by atoms with Crippen LogP contribution in [-0.2, 0) is 22.5 Å². The fourth-order valence-electron chi connectivity index (χ4n) is 2.39. The molecule has 0 atom stereocenters. The van der Waals surface area contributed by atoms with Crippen molar-refractivity contribution in [2.75, 3.05) is 13.7 Å². The van der Waals surface area contributed by atoms with E-state index in [1.165, 1.54) is 0 Å². The van der Waals surface area contributed by atoms with Crippen LogP contribution >= 0.6 is 11.6 Å². The lowest BCUT2D eigenvalue weighted by Crippen LogP contribution is -2.07. The number of fused-ring (bicyclic) bond motifs is 1. The molecule has 0 amide bonds. The first-order valence-electron chi connectivity index (χ1n) is 6.98. The molecule has 1 heterocycles. The van der Waals surface area contributed by atoms with E-state index in [0.717, 1.165) is 29.8 Å². The van der Waals surface area contributed by atoms with Crippen molar-refractivity contribution in [3.8, 4) is 0 Å². The van der Waals surface area contributed by atoms with Crippen molar-refractivity contribution < 1.29 is 14.6 Å². The number of ether oxygens (including phenoxy) is 1. The van der Waals surface area contributed by atoms with Crippen molar-refractivity contribution in [3.05, 3.63) is 29.0 Å². The van der Waals surface area contributed by atoms with Crippen molar-refractivity contribution >= 4 is 28.6 Å². The molecule has 5 nitrogen and oxygen atoms in total. The predicted octanol–water partition coefficient (Wildman–Crippen LogP) is 3.13. The van der Waals surface area contributed by atoms with Gasteiger partial charge in [0.25, 0.3) is 0 Å². The first kappa shape index (κ1) is 15.8. The molecule has 2 aromatic rings. The molecule has 1 N–H and O–H groups in total. The highest BCUT2D eigenvalue weighted by molar-refractivity contribution is 6.35. The van der Waals surface area contributed by atoms with Gasteiger partial charge in [0.15, 0.2) is 0 Å². The largest absolute Gasteiger partial charge is 0.481 e. The lowest BCUT2D eigenvalue weighted by molar-refractivity contribution is -0.137. The first-order valence-corrected chi connectivity index (χ1v) is 7.35. The number of benzene rings is 1. The van der Waals surface area contributed by atoms with Gasteiger partial charge in [-0.1, -0.05) is 17.7 Å². The van der Waals surface area contributed by atoms with Crippen molar-refractivity contribution in [3.63, 3.8) is 0 Å². The molecule has 2 rings (SSSR count). The maximum atomic E-state index is 10.6. The SMILES string of the molecule is COCCCn1c(CCCC(=O)O)nc2cccc(Cl)c21. The fraction of sp³-hybridized carbons (Fsp3) is 0.467. The number of hydrogen-bond donors (Lipinski definition) is 1. The van der Waals surface area contributed by atoms with E-state index >= 15 is 0 Å². The zero-order valence-corrected chi connectivity index (χ0v) is 12.8. The summed E-state index contributed by atoms with van der Waals surface area (Å²) in [6, 6.07) is 5.65. The van der Waals surface area contributed by atoms with Gasteiger partial charge in [0.1, 0.15) is 5.82 Å². The molecule has 0 saturated carbocycles. The molecule has 21 heavy (non-hydrogen) atoms. The summed E-state index contributed by atoms with van der Waals surface area (Å²) in [4.78, 5) is 15.2. The standard InChI is InChI=1S/C15H19ClN2O3/c1-21-10-4-9-18-13(7-3-8-14(19)20)17-12-6-2-5-11(16)15(12)18/h2,5-6H,3-4,7-10H2,1H3,(H,19,20). The lowest BCUT2D eigenvalue weighted by atomic mass is 10.2. The zero-order chi connectivity index (χ0) is 15.2. The molecule has 1 aromatic heterocycles. The van der Waals surface area contributed by atoms with E-state index < -0.39 is 5.97 Å². The predicted molar refractivity (Wildman–Crippen MR) is 81.8 cm³/mol. The van der Waals surface area contributed by atoms with E-state index in [9.17, 15) is 4.79 Å². The van der Waals surface area contributed by atoms with Crippen LogP contribution in [0.1, 0.15) is 25.1 Å². The number of aliphatic carboxylic acids is 1. The number of para-hydroxylation sites is 1. The van der Waals surface area contributed by atoms with Gasteiger partial charge in [0.2, 0.25) is 0 Å². The summed E-state index contributed by atoms with van der Waals surface area (Å²) in [5.74, 6) is 0.102. The van der Waals surface area contributed by atoms with Crippen LogP contribution in [0.25, 0.3) is 11.0 Å². The highest BCUT2D eigenvalue weighted by atomic mass is 35.5. The molecule has 0 aliphatic rings. The third-order valence-electron chi connectivity index (χ3n) is 3.32. The van der Waals surface area contributed by atoms with Gasteiger partial charge in [-0.2, -0.15) is 0 Å². The fourth-order valence-corrected chi connectivity index (χ4v) is 2.66. The Morgan fingerprint density at radius 1 is 1.43 bits per heavy atom. The maximum absolute atomic E-state index is 10.6. The molecule has 0 aliphatic carbocycles. The zero-order valence-electron chi connectivity index (χ0n) is 12.0. The summed E-state index contributed by atoms with van der Waals surface area (Å²) in [6.45, 7) is 1.43. The Bertz CT molecular complexity index is 625. The molecule has 1 aromatic carbocycles. The number of methoxy groups -OCH3 is 1. The minimum Gasteiger partial charge on any atom is -0.481 e. The second-order valence-electron chi connectivity index (χ2n) is 4.88. The van der Waals surface area contributed by atoms with Gasteiger partial charge >= 0.3 is 5.97 Å². The highest BCUT2D eigenvalue weighted by Crippen LogP contribution is 2.25. The Morgan fingerprint density at radius 3 is 2.95 bits per heavy atom. The molecule has 0 unspecified atom stereocenters. The van der Waals surface area contributed by atoms with Gasteiger partial charge in [0.05, 0.1) is 16.1 Å². The average molecular weight is 311 g/mol. The van der Waals surface area contributed by atoms with Crippen molar-refractivity contribution in [2.45, 2.75) is 32.2 Å². The monoisotopic (exact) mass is 310 g/mol. The second-order valence-corrected chi connectivity index (χ2v) is 5.29. The maximum Gasteiger partial charge on any atom is 0.303 e. The van der Waals surface area contributed by atoms with Crippen LogP contribution in [0.5, 0.6) is 0 Å². The van der Waals surface area contributed by atoms with Crippen LogP contribution in [0, 0.1) is 0 Å². The third kappa shape index (κ3) is 3.95. The number of hydrogen-bond acceptors (Lipinski definition) is 3. The van der Waals surface area contributed by atoms with Crippen LogP contribution < -0.4 is 0 Å². The topological polar surface area (TPSA) is 64.3 Å². The molecule has 114 valence electrons. The minimum absolute atomic E-state index is 0.148. The number of aromatic nitrogens is 2. The first-order chi connectivity index (χ1) is 10.1. The van der Waals surface area contributed by atoms with Gasteiger partial charge in [-0.3, -0.25) is 4.79 Å². The normalized spacial score (nSPS) is 11.1. The van der Waals surface area contributed by atoms with Gasteiger partial charge in [-0.05, 0) is 25.0 Å². The van der Waals surface area contributed by atoms with Crippen molar-refractivity contribution in [2.24, 2.45) is 0 Å². The summed E-state index contributed by atoms with van der Waals surface area (Å²) >= 11 is 6.29. The number of rotatable bonds is 8.